The van der Waals surface area contributed by atoms with Crippen molar-refractivity contribution in [2.75, 3.05) is 19.6 Å². The molecule has 0 bridgehead atoms. The maximum atomic E-state index is 11.7. The molecule has 2 rings (SSSR count). The van der Waals surface area contributed by atoms with Gasteiger partial charge in [0.25, 0.3) is 5.91 Å². The van der Waals surface area contributed by atoms with Crippen LogP contribution in [-0.4, -0.2) is 51.7 Å². The zero-order valence-corrected chi connectivity index (χ0v) is 9.44. The van der Waals surface area contributed by atoms with Gasteiger partial charge in [-0.1, -0.05) is 6.92 Å². The van der Waals surface area contributed by atoms with E-state index >= 15 is 0 Å². The van der Waals surface area contributed by atoms with Crippen molar-refractivity contribution in [1.29, 1.82) is 0 Å². The zero-order valence-electron chi connectivity index (χ0n) is 9.44. The molecular weight excluding hydrogens is 206 g/mol. The van der Waals surface area contributed by atoms with Gasteiger partial charge in [-0.2, -0.15) is 5.10 Å². The SMILES string of the molecule is CCN1CCCC(NC(=O)c2ncn[nH]2)C1. The van der Waals surface area contributed by atoms with E-state index in [0.29, 0.717) is 0 Å². The number of likely N-dealkylation sites (N-methyl/N-ethyl adjacent to an activating group) is 1. The minimum Gasteiger partial charge on any atom is -0.345 e. The Kier molecular flexibility index (Phi) is 3.51. The molecule has 1 amide bonds. The van der Waals surface area contributed by atoms with Crippen molar-refractivity contribution in [3.8, 4) is 0 Å². The fourth-order valence-electron chi connectivity index (χ4n) is 2.03. The summed E-state index contributed by atoms with van der Waals surface area (Å²) < 4.78 is 0. The normalized spacial score (nSPS) is 21.9. The first kappa shape index (κ1) is 11.1. The Morgan fingerprint density at radius 2 is 2.62 bits per heavy atom. The number of aromatic amines is 1. The highest BCUT2D eigenvalue weighted by molar-refractivity contribution is 5.90. The number of rotatable bonds is 3. The molecule has 1 unspecified atom stereocenters. The fraction of sp³-hybridized carbons (Fsp3) is 0.700. The predicted molar refractivity (Wildman–Crippen MR) is 59.0 cm³/mol. The summed E-state index contributed by atoms with van der Waals surface area (Å²) >= 11 is 0. The highest BCUT2D eigenvalue weighted by atomic mass is 16.2. The fourth-order valence-corrected chi connectivity index (χ4v) is 2.03. The largest absolute Gasteiger partial charge is 0.345 e. The number of hydrogen-bond donors (Lipinski definition) is 2. The highest BCUT2D eigenvalue weighted by Crippen LogP contribution is 2.09. The summed E-state index contributed by atoms with van der Waals surface area (Å²) in [6.07, 6.45) is 3.51. The zero-order chi connectivity index (χ0) is 11.4. The van der Waals surface area contributed by atoms with Gasteiger partial charge in [0.05, 0.1) is 0 Å². The van der Waals surface area contributed by atoms with Crippen molar-refractivity contribution in [2.24, 2.45) is 0 Å². The van der Waals surface area contributed by atoms with Crippen LogP contribution in [0.5, 0.6) is 0 Å². The van der Waals surface area contributed by atoms with E-state index < -0.39 is 0 Å². The number of carbonyl (C=O) groups is 1. The Labute approximate surface area is 94.4 Å². The van der Waals surface area contributed by atoms with Gasteiger partial charge in [0.1, 0.15) is 6.33 Å². The first-order valence-electron chi connectivity index (χ1n) is 5.68. The molecule has 1 saturated heterocycles. The number of aromatic nitrogens is 3. The summed E-state index contributed by atoms with van der Waals surface area (Å²) in [5.74, 6) is 0.120. The van der Waals surface area contributed by atoms with E-state index in [2.05, 4.69) is 32.3 Å². The molecule has 0 saturated carbocycles. The van der Waals surface area contributed by atoms with Crippen LogP contribution in [0.3, 0.4) is 0 Å². The number of piperidine rings is 1. The number of hydrogen-bond acceptors (Lipinski definition) is 4. The molecule has 1 aliphatic rings. The van der Waals surface area contributed by atoms with Gasteiger partial charge in [-0.15, -0.1) is 0 Å². The lowest BCUT2D eigenvalue weighted by Crippen LogP contribution is -2.47. The molecule has 2 heterocycles. The third-order valence-corrected chi connectivity index (χ3v) is 2.92. The van der Waals surface area contributed by atoms with E-state index in [4.69, 9.17) is 0 Å². The van der Waals surface area contributed by atoms with Crippen molar-refractivity contribution < 1.29 is 4.79 Å². The van der Waals surface area contributed by atoms with E-state index in [0.717, 1.165) is 32.5 Å². The first-order valence-corrected chi connectivity index (χ1v) is 5.68. The molecule has 1 aliphatic heterocycles. The van der Waals surface area contributed by atoms with E-state index in [9.17, 15) is 4.79 Å². The van der Waals surface area contributed by atoms with Crippen LogP contribution in [0.25, 0.3) is 0 Å². The van der Waals surface area contributed by atoms with Crippen molar-refractivity contribution in [2.45, 2.75) is 25.8 Å². The Morgan fingerprint density at radius 1 is 1.75 bits per heavy atom. The van der Waals surface area contributed by atoms with Crippen LogP contribution >= 0.6 is 0 Å². The molecular formula is C10H17N5O. The molecule has 0 aromatic carbocycles. The van der Waals surface area contributed by atoms with Crippen LogP contribution in [-0.2, 0) is 0 Å². The third-order valence-electron chi connectivity index (χ3n) is 2.92. The molecule has 6 heteroatoms. The quantitative estimate of drug-likeness (QED) is 0.757. The molecule has 6 nitrogen and oxygen atoms in total. The van der Waals surface area contributed by atoms with Crippen LogP contribution in [0.4, 0.5) is 0 Å². The van der Waals surface area contributed by atoms with Crippen LogP contribution in [0.2, 0.25) is 0 Å². The topological polar surface area (TPSA) is 73.9 Å². The first-order chi connectivity index (χ1) is 7.79. The Hall–Kier alpha value is -1.43. The van der Waals surface area contributed by atoms with Gasteiger partial charge >= 0.3 is 0 Å². The minimum atomic E-state index is -0.166. The molecule has 1 aromatic heterocycles. The standard InChI is InChI=1S/C10H17N5O/c1-2-15-5-3-4-8(6-15)13-10(16)9-11-7-12-14-9/h7-8H,2-6H2,1H3,(H,13,16)(H,11,12,14). The van der Waals surface area contributed by atoms with Gasteiger partial charge < -0.3 is 10.2 Å². The second-order valence-corrected chi connectivity index (χ2v) is 4.04. The lowest BCUT2D eigenvalue weighted by atomic mass is 10.1. The van der Waals surface area contributed by atoms with Gasteiger partial charge in [-0.05, 0) is 25.9 Å². The van der Waals surface area contributed by atoms with Crippen molar-refractivity contribution in [3.05, 3.63) is 12.2 Å². The second kappa shape index (κ2) is 5.07. The average molecular weight is 223 g/mol. The Bertz CT molecular complexity index is 337. The van der Waals surface area contributed by atoms with Crippen molar-refractivity contribution in [1.82, 2.24) is 25.4 Å². The minimum absolute atomic E-state index is 0.166. The molecule has 0 spiro atoms. The van der Waals surface area contributed by atoms with Crippen LogP contribution in [0.15, 0.2) is 6.33 Å². The number of amides is 1. The number of nitrogens with one attached hydrogen (secondary N) is 2. The summed E-state index contributed by atoms with van der Waals surface area (Å²) in [5.41, 5.74) is 0. The van der Waals surface area contributed by atoms with Gasteiger partial charge in [-0.25, -0.2) is 4.98 Å². The summed E-state index contributed by atoms with van der Waals surface area (Å²) in [4.78, 5) is 17.9. The lowest BCUT2D eigenvalue weighted by Gasteiger charge is -2.31. The Balaban J connectivity index is 1.87. The molecule has 16 heavy (non-hydrogen) atoms. The molecule has 1 atom stereocenters. The van der Waals surface area contributed by atoms with Gasteiger partial charge in [0, 0.05) is 12.6 Å². The number of carbonyl (C=O) groups excluding carboxylic acids is 1. The maximum absolute atomic E-state index is 11.7. The van der Waals surface area contributed by atoms with Crippen LogP contribution in [0, 0.1) is 0 Å². The predicted octanol–water partition coefficient (Wildman–Crippen LogP) is 0.0188. The van der Waals surface area contributed by atoms with E-state index in [1.165, 1.54) is 6.33 Å². The van der Waals surface area contributed by atoms with E-state index in [-0.39, 0.29) is 17.8 Å². The maximum Gasteiger partial charge on any atom is 0.288 e. The van der Waals surface area contributed by atoms with E-state index in [1.807, 2.05) is 0 Å². The summed E-state index contributed by atoms with van der Waals surface area (Å²) in [7, 11) is 0. The monoisotopic (exact) mass is 223 g/mol. The highest BCUT2D eigenvalue weighted by Gasteiger charge is 2.21. The van der Waals surface area contributed by atoms with Gasteiger partial charge in [-0.3, -0.25) is 9.89 Å². The molecule has 2 N–H and O–H groups in total. The number of H-pyrrole nitrogens is 1. The smallest absolute Gasteiger partial charge is 0.288 e. The second-order valence-electron chi connectivity index (χ2n) is 4.04. The summed E-state index contributed by atoms with van der Waals surface area (Å²) in [6, 6.07) is 0.228. The van der Waals surface area contributed by atoms with Gasteiger partial charge in [0.2, 0.25) is 5.82 Å². The van der Waals surface area contributed by atoms with Crippen molar-refractivity contribution in [3.63, 3.8) is 0 Å². The molecule has 0 aliphatic carbocycles. The molecule has 0 radical (unpaired) electrons. The van der Waals surface area contributed by atoms with Crippen molar-refractivity contribution >= 4 is 5.91 Å². The average Bonchev–Trinajstić information content (AvgIpc) is 2.83. The summed E-state index contributed by atoms with van der Waals surface area (Å²) in [5, 5.41) is 9.20. The Morgan fingerprint density at radius 3 is 3.31 bits per heavy atom. The number of likely N-dealkylation sites (tertiary alicyclic amines) is 1. The molecule has 1 aromatic rings. The van der Waals surface area contributed by atoms with Crippen LogP contribution in [0.1, 0.15) is 30.4 Å². The molecule has 1 fully saturated rings. The van der Waals surface area contributed by atoms with E-state index in [1.54, 1.807) is 0 Å². The lowest BCUT2D eigenvalue weighted by molar-refractivity contribution is 0.0896. The number of nitrogens with zero attached hydrogens (tertiary/aromatic N) is 3. The summed E-state index contributed by atoms with van der Waals surface area (Å²) in [6.45, 7) is 5.23. The van der Waals surface area contributed by atoms with Crippen LogP contribution < -0.4 is 5.32 Å². The third kappa shape index (κ3) is 2.57. The molecule has 88 valence electrons. The van der Waals surface area contributed by atoms with Gasteiger partial charge in [0.15, 0.2) is 0 Å².